The molecule has 3 aromatic carbocycles. The Morgan fingerprint density at radius 3 is 1.62 bits per heavy atom. The number of hydrogen-bond acceptors (Lipinski definition) is 3. The molecule has 2 amide bonds. The van der Waals surface area contributed by atoms with Crippen LogP contribution in [0.1, 0.15) is 16.7 Å². The van der Waals surface area contributed by atoms with Gasteiger partial charge in [-0.3, -0.25) is 0 Å². The lowest BCUT2D eigenvalue weighted by molar-refractivity contribution is -0.275. The first-order valence-electron chi connectivity index (χ1n) is 11.0. The van der Waals surface area contributed by atoms with Crippen LogP contribution in [0.25, 0.3) is 0 Å². The predicted octanol–water partition coefficient (Wildman–Crippen LogP) is 7.59. The number of nitrogens with one attached hydrogen (secondary N) is 2. The number of rotatable bonds is 8. The number of carbonyl (C=O) groups excluding carboxylic acids is 1. The van der Waals surface area contributed by atoms with Gasteiger partial charge in [0.05, 0.1) is 5.54 Å². The summed E-state index contributed by atoms with van der Waals surface area (Å²) in [5.74, 6) is -1.49. The van der Waals surface area contributed by atoms with Crippen LogP contribution in [-0.4, -0.2) is 31.5 Å². The van der Waals surface area contributed by atoms with E-state index in [4.69, 9.17) is 0 Å². The van der Waals surface area contributed by atoms with Crippen molar-refractivity contribution in [2.45, 2.75) is 30.9 Å². The molecule has 0 bridgehead atoms. The number of hydrogen-bond donors (Lipinski definition) is 2. The molecule has 0 atom stereocenters. The lowest BCUT2D eigenvalue weighted by Gasteiger charge is -2.37. The minimum atomic E-state index is -5.12. The molecule has 0 aliphatic carbocycles. The Bertz CT molecular complexity index is 1250. The molecule has 0 aromatic heterocycles. The molecule has 0 aliphatic heterocycles. The summed E-state index contributed by atoms with van der Waals surface area (Å²) in [5.41, 5.74) is -1.92. The van der Waals surface area contributed by atoms with Gasteiger partial charge in [0.25, 0.3) is 0 Å². The lowest BCUT2D eigenvalue weighted by Crippen LogP contribution is -2.53. The highest BCUT2D eigenvalue weighted by Gasteiger charge is 2.40. The Morgan fingerprint density at radius 1 is 0.725 bits per heavy atom. The number of amides is 2. The zero-order chi connectivity index (χ0) is 29.8. The molecule has 3 rings (SSSR count). The second-order valence-electron chi connectivity index (χ2n) is 8.28. The highest BCUT2D eigenvalue weighted by molar-refractivity contribution is 9.10. The van der Waals surface area contributed by atoms with Gasteiger partial charge in [-0.15, -0.1) is 26.3 Å². The molecular formula is C25H18BrF9N2O3. The highest BCUT2D eigenvalue weighted by Crippen LogP contribution is 2.38. The fourth-order valence-electron chi connectivity index (χ4n) is 3.80. The van der Waals surface area contributed by atoms with Crippen molar-refractivity contribution in [3.8, 4) is 11.5 Å². The van der Waals surface area contributed by atoms with E-state index in [9.17, 15) is 44.3 Å². The van der Waals surface area contributed by atoms with Crippen molar-refractivity contribution in [3.05, 3.63) is 94.0 Å². The molecule has 0 spiro atoms. The lowest BCUT2D eigenvalue weighted by atomic mass is 9.77. The van der Waals surface area contributed by atoms with E-state index in [1.165, 1.54) is 12.1 Å². The van der Waals surface area contributed by atoms with Crippen LogP contribution in [0, 0.1) is 0 Å². The average molecular weight is 645 g/mol. The zero-order valence-corrected chi connectivity index (χ0v) is 21.4. The maximum Gasteiger partial charge on any atom is 0.573 e. The number of carbonyl (C=O) groups is 1. The Balaban J connectivity index is 2.24. The van der Waals surface area contributed by atoms with Crippen molar-refractivity contribution in [1.29, 1.82) is 0 Å². The van der Waals surface area contributed by atoms with E-state index in [1.807, 2.05) is 0 Å². The van der Waals surface area contributed by atoms with Crippen LogP contribution in [0.2, 0.25) is 0 Å². The number of alkyl halides is 9. The molecule has 0 fully saturated rings. The SMILES string of the molecule is O=C(NCC(F)(F)F)NC(Cc1ccc(Br)cc1)(c1cccc(OC(F)(F)F)c1)c1cccc(OC(F)(F)F)c1. The van der Waals surface area contributed by atoms with Gasteiger partial charge < -0.3 is 20.1 Å². The zero-order valence-electron chi connectivity index (χ0n) is 19.8. The molecule has 0 aliphatic rings. The Morgan fingerprint density at radius 2 is 1.20 bits per heavy atom. The topological polar surface area (TPSA) is 59.6 Å². The van der Waals surface area contributed by atoms with Crippen LogP contribution >= 0.6 is 15.9 Å². The minimum absolute atomic E-state index is 0.150. The summed E-state index contributed by atoms with van der Waals surface area (Å²) in [6, 6.07) is 13.2. The van der Waals surface area contributed by atoms with E-state index < -0.39 is 48.5 Å². The summed E-state index contributed by atoms with van der Waals surface area (Å²) in [4.78, 5) is 12.8. The van der Waals surface area contributed by atoms with Crippen LogP contribution in [-0.2, 0) is 12.0 Å². The van der Waals surface area contributed by atoms with Gasteiger partial charge in [0.1, 0.15) is 18.0 Å². The average Bonchev–Trinajstić information content (AvgIpc) is 2.81. The summed E-state index contributed by atoms with van der Waals surface area (Å²) >= 11 is 3.24. The van der Waals surface area contributed by atoms with Crippen molar-refractivity contribution >= 4 is 22.0 Å². The van der Waals surface area contributed by atoms with Gasteiger partial charge in [0.15, 0.2) is 0 Å². The van der Waals surface area contributed by atoms with E-state index in [0.29, 0.717) is 10.0 Å². The first-order chi connectivity index (χ1) is 18.4. The molecule has 2 N–H and O–H groups in total. The van der Waals surface area contributed by atoms with Gasteiger partial charge in [-0.25, -0.2) is 4.79 Å². The van der Waals surface area contributed by atoms with Crippen molar-refractivity contribution in [2.24, 2.45) is 0 Å². The highest BCUT2D eigenvalue weighted by atomic mass is 79.9. The quantitative estimate of drug-likeness (QED) is 0.248. The van der Waals surface area contributed by atoms with Crippen LogP contribution in [0.4, 0.5) is 44.3 Å². The first-order valence-corrected chi connectivity index (χ1v) is 11.8. The van der Waals surface area contributed by atoms with E-state index in [2.05, 4.69) is 30.7 Å². The molecular weight excluding hydrogens is 627 g/mol. The fourth-order valence-corrected chi connectivity index (χ4v) is 4.07. The van der Waals surface area contributed by atoms with Crippen molar-refractivity contribution in [2.75, 3.05) is 6.54 Å². The monoisotopic (exact) mass is 644 g/mol. The Labute approximate surface area is 229 Å². The molecule has 216 valence electrons. The third-order valence-corrected chi connectivity index (χ3v) is 5.81. The van der Waals surface area contributed by atoms with Gasteiger partial charge in [-0.1, -0.05) is 52.3 Å². The number of ether oxygens (including phenoxy) is 2. The normalized spacial score (nSPS) is 12.6. The second kappa shape index (κ2) is 11.9. The van der Waals surface area contributed by atoms with E-state index in [0.717, 1.165) is 36.4 Å². The standard InChI is InChI=1S/C25H18BrF9N2O3/c26-18-9-7-15(8-10-18)13-22(37-21(38)36-14-23(27,28)29,16-3-1-5-19(11-16)39-24(30,31)32)17-4-2-6-20(12-17)40-25(33,34)35/h1-12H,13-14H2,(H2,36,37,38). The van der Waals surface area contributed by atoms with Crippen molar-refractivity contribution in [1.82, 2.24) is 10.6 Å². The molecule has 5 nitrogen and oxygen atoms in total. The van der Waals surface area contributed by atoms with E-state index in [1.54, 1.807) is 29.6 Å². The summed E-state index contributed by atoms with van der Waals surface area (Å²) in [6.07, 6.45) is -15.4. The smallest absolute Gasteiger partial charge is 0.406 e. The summed E-state index contributed by atoms with van der Waals surface area (Å²) in [6.45, 7) is -1.76. The maximum atomic E-state index is 13.0. The Hall–Kier alpha value is -3.62. The molecule has 0 radical (unpaired) electrons. The molecule has 3 aromatic rings. The van der Waals surface area contributed by atoms with Crippen LogP contribution < -0.4 is 20.1 Å². The van der Waals surface area contributed by atoms with Crippen molar-refractivity contribution < 1.29 is 53.8 Å². The summed E-state index contributed by atoms with van der Waals surface area (Å²) in [7, 11) is 0. The largest absolute Gasteiger partial charge is 0.573 e. The molecule has 0 heterocycles. The van der Waals surface area contributed by atoms with Gasteiger partial charge >= 0.3 is 24.9 Å². The van der Waals surface area contributed by atoms with Gasteiger partial charge in [-0.05, 0) is 53.1 Å². The van der Waals surface area contributed by atoms with Gasteiger partial charge in [0.2, 0.25) is 0 Å². The molecule has 40 heavy (non-hydrogen) atoms. The molecule has 0 saturated carbocycles. The minimum Gasteiger partial charge on any atom is -0.406 e. The van der Waals surface area contributed by atoms with Crippen LogP contribution in [0.15, 0.2) is 77.3 Å². The third kappa shape index (κ3) is 9.24. The fraction of sp³-hybridized carbons (Fsp3) is 0.240. The Kier molecular flexibility index (Phi) is 9.17. The summed E-state index contributed by atoms with van der Waals surface area (Å²) < 4.78 is 125. The third-order valence-electron chi connectivity index (χ3n) is 5.28. The van der Waals surface area contributed by atoms with E-state index >= 15 is 0 Å². The summed E-state index contributed by atoms with van der Waals surface area (Å²) in [5, 5.41) is 3.96. The van der Waals surface area contributed by atoms with Crippen LogP contribution in [0.3, 0.4) is 0 Å². The molecule has 0 saturated heterocycles. The molecule has 0 unspecified atom stereocenters. The van der Waals surface area contributed by atoms with E-state index in [-0.39, 0.29) is 17.5 Å². The number of benzene rings is 3. The van der Waals surface area contributed by atoms with Crippen LogP contribution in [0.5, 0.6) is 11.5 Å². The number of urea groups is 1. The van der Waals surface area contributed by atoms with Gasteiger partial charge in [0, 0.05) is 10.9 Å². The second-order valence-corrected chi connectivity index (χ2v) is 9.20. The first kappa shape index (κ1) is 30.9. The predicted molar refractivity (Wildman–Crippen MR) is 127 cm³/mol. The number of halogens is 10. The van der Waals surface area contributed by atoms with Gasteiger partial charge in [-0.2, -0.15) is 13.2 Å². The molecule has 15 heteroatoms. The maximum absolute atomic E-state index is 13.0. The van der Waals surface area contributed by atoms with Crippen molar-refractivity contribution in [3.63, 3.8) is 0 Å².